The Morgan fingerprint density at radius 3 is 2.72 bits per heavy atom. The quantitative estimate of drug-likeness (QED) is 0.683. The van der Waals surface area contributed by atoms with Gasteiger partial charge in [-0.2, -0.15) is 0 Å². The van der Waals surface area contributed by atoms with E-state index in [1.54, 1.807) is 12.3 Å². The lowest BCUT2D eigenvalue weighted by Gasteiger charge is -2.30. The SMILES string of the molecule is CC(OC(=O)c1csc(COc2ccc(F)cc2)n1)C(=O)NC1CCCCC1C. The molecule has 0 radical (unpaired) electrons. The van der Waals surface area contributed by atoms with E-state index in [0.29, 0.717) is 16.7 Å². The molecule has 1 aliphatic rings. The highest BCUT2D eigenvalue weighted by atomic mass is 32.1. The molecule has 0 bridgehead atoms. The highest BCUT2D eigenvalue weighted by molar-refractivity contribution is 7.09. The van der Waals surface area contributed by atoms with Gasteiger partial charge in [-0.25, -0.2) is 14.2 Å². The van der Waals surface area contributed by atoms with Crippen LogP contribution in [0.3, 0.4) is 0 Å². The second-order valence-electron chi connectivity index (χ2n) is 7.29. The number of thiazole rings is 1. The number of esters is 1. The van der Waals surface area contributed by atoms with Crippen LogP contribution in [0.1, 0.15) is 55.0 Å². The first-order chi connectivity index (χ1) is 13.9. The van der Waals surface area contributed by atoms with Gasteiger partial charge in [0.1, 0.15) is 23.2 Å². The van der Waals surface area contributed by atoms with Crippen LogP contribution in [0.25, 0.3) is 0 Å². The number of nitrogens with zero attached hydrogens (tertiary/aromatic N) is 1. The molecule has 156 valence electrons. The number of amides is 1. The molecule has 1 aromatic heterocycles. The first kappa shape index (κ1) is 21.2. The molecule has 3 rings (SSSR count). The van der Waals surface area contributed by atoms with Crippen LogP contribution in [0, 0.1) is 11.7 Å². The highest BCUT2D eigenvalue weighted by Crippen LogP contribution is 2.24. The Kier molecular flexibility index (Phi) is 7.19. The molecule has 3 atom stereocenters. The van der Waals surface area contributed by atoms with Crippen molar-refractivity contribution in [1.82, 2.24) is 10.3 Å². The number of ether oxygens (including phenoxy) is 2. The van der Waals surface area contributed by atoms with Crippen molar-refractivity contribution in [3.63, 3.8) is 0 Å². The fraction of sp³-hybridized carbons (Fsp3) is 0.476. The Morgan fingerprint density at radius 1 is 1.28 bits per heavy atom. The topological polar surface area (TPSA) is 77.5 Å². The molecular weight excluding hydrogens is 395 g/mol. The van der Waals surface area contributed by atoms with Crippen LogP contribution in [0.15, 0.2) is 29.6 Å². The van der Waals surface area contributed by atoms with E-state index in [0.717, 1.165) is 19.3 Å². The van der Waals surface area contributed by atoms with Gasteiger partial charge in [-0.1, -0.05) is 19.8 Å². The summed E-state index contributed by atoms with van der Waals surface area (Å²) in [6.45, 7) is 3.84. The third-order valence-electron chi connectivity index (χ3n) is 5.03. The largest absolute Gasteiger partial charge is 0.486 e. The van der Waals surface area contributed by atoms with Crippen molar-refractivity contribution in [2.45, 2.75) is 58.3 Å². The normalized spacial score (nSPS) is 20.0. The monoisotopic (exact) mass is 420 g/mol. The molecule has 0 aliphatic heterocycles. The zero-order valence-electron chi connectivity index (χ0n) is 16.5. The van der Waals surface area contributed by atoms with Crippen molar-refractivity contribution in [1.29, 1.82) is 0 Å². The van der Waals surface area contributed by atoms with Gasteiger partial charge < -0.3 is 14.8 Å². The van der Waals surface area contributed by atoms with Crippen LogP contribution in [0.2, 0.25) is 0 Å². The van der Waals surface area contributed by atoms with E-state index in [4.69, 9.17) is 9.47 Å². The molecule has 1 saturated carbocycles. The standard InChI is InChI=1S/C21H25FN2O4S/c1-13-5-3-4-6-17(13)24-20(25)14(2)28-21(26)18-12-29-19(23-18)11-27-16-9-7-15(22)8-10-16/h7-10,12-14,17H,3-6,11H2,1-2H3,(H,24,25). The minimum absolute atomic E-state index is 0.131. The van der Waals surface area contributed by atoms with Crippen LogP contribution < -0.4 is 10.1 Å². The summed E-state index contributed by atoms with van der Waals surface area (Å²) in [5.74, 6) is -0.334. The van der Waals surface area contributed by atoms with Gasteiger partial charge in [0.15, 0.2) is 11.8 Å². The third kappa shape index (κ3) is 6.00. The zero-order chi connectivity index (χ0) is 20.8. The fourth-order valence-electron chi connectivity index (χ4n) is 3.25. The van der Waals surface area contributed by atoms with E-state index in [-0.39, 0.29) is 30.1 Å². The molecule has 0 spiro atoms. The van der Waals surface area contributed by atoms with Gasteiger partial charge in [-0.05, 0) is 49.9 Å². The van der Waals surface area contributed by atoms with Crippen molar-refractivity contribution in [2.75, 3.05) is 0 Å². The summed E-state index contributed by atoms with van der Waals surface area (Å²) in [6, 6.07) is 5.78. The lowest BCUT2D eigenvalue weighted by atomic mass is 9.86. The third-order valence-corrected chi connectivity index (χ3v) is 5.85. The maximum absolute atomic E-state index is 12.9. The molecule has 1 aromatic carbocycles. The van der Waals surface area contributed by atoms with Gasteiger partial charge in [-0.3, -0.25) is 4.79 Å². The van der Waals surface area contributed by atoms with E-state index in [1.165, 1.54) is 42.0 Å². The number of halogens is 1. The zero-order valence-corrected chi connectivity index (χ0v) is 17.3. The molecule has 1 heterocycles. The van der Waals surface area contributed by atoms with Gasteiger partial charge in [0.25, 0.3) is 5.91 Å². The molecule has 1 amide bonds. The molecule has 8 heteroatoms. The predicted molar refractivity (Wildman–Crippen MR) is 107 cm³/mol. The molecule has 1 N–H and O–H groups in total. The Hall–Kier alpha value is -2.48. The van der Waals surface area contributed by atoms with E-state index in [1.807, 2.05) is 0 Å². The predicted octanol–water partition coefficient (Wildman–Crippen LogP) is 4.10. The summed E-state index contributed by atoms with van der Waals surface area (Å²) in [5, 5.41) is 5.14. The van der Waals surface area contributed by atoms with Gasteiger partial charge in [0.05, 0.1) is 0 Å². The number of hydrogen-bond acceptors (Lipinski definition) is 6. The summed E-state index contributed by atoms with van der Waals surface area (Å²) < 4.78 is 23.7. The number of rotatable bonds is 7. The Morgan fingerprint density at radius 2 is 2.00 bits per heavy atom. The summed E-state index contributed by atoms with van der Waals surface area (Å²) >= 11 is 1.25. The number of nitrogens with one attached hydrogen (secondary N) is 1. The van der Waals surface area contributed by atoms with Crippen LogP contribution in [-0.2, 0) is 16.1 Å². The Bertz CT molecular complexity index is 839. The van der Waals surface area contributed by atoms with Gasteiger partial charge in [0, 0.05) is 11.4 Å². The minimum atomic E-state index is -0.891. The lowest BCUT2D eigenvalue weighted by molar-refractivity contribution is -0.130. The second kappa shape index (κ2) is 9.82. The van der Waals surface area contributed by atoms with E-state index >= 15 is 0 Å². The molecule has 0 saturated heterocycles. The molecular formula is C21H25FN2O4S. The van der Waals surface area contributed by atoms with Crippen molar-refractivity contribution in [2.24, 2.45) is 5.92 Å². The number of aromatic nitrogens is 1. The van der Waals surface area contributed by atoms with Gasteiger partial charge >= 0.3 is 5.97 Å². The maximum Gasteiger partial charge on any atom is 0.358 e. The molecule has 2 aromatic rings. The van der Waals surface area contributed by atoms with Crippen molar-refractivity contribution in [3.8, 4) is 5.75 Å². The number of carbonyl (C=O) groups is 2. The minimum Gasteiger partial charge on any atom is -0.486 e. The smallest absolute Gasteiger partial charge is 0.358 e. The van der Waals surface area contributed by atoms with Crippen LogP contribution in [0.5, 0.6) is 5.75 Å². The first-order valence-electron chi connectivity index (χ1n) is 9.76. The van der Waals surface area contributed by atoms with Crippen molar-refractivity contribution in [3.05, 3.63) is 46.2 Å². The fourth-order valence-corrected chi connectivity index (χ4v) is 3.93. The van der Waals surface area contributed by atoms with Crippen LogP contribution in [-0.4, -0.2) is 29.0 Å². The van der Waals surface area contributed by atoms with Gasteiger partial charge in [-0.15, -0.1) is 11.3 Å². The lowest BCUT2D eigenvalue weighted by Crippen LogP contribution is -2.46. The molecule has 1 fully saturated rings. The molecule has 3 unspecified atom stereocenters. The average Bonchev–Trinajstić information content (AvgIpc) is 3.18. The molecule has 29 heavy (non-hydrogen) atoms. The summed E-state index contributed by atoms with van der Waals surface area (Å²) in [4.78, 5) is 28.9. The highest BCUT2D eigenvalue weighted by Gasteiger charge is 2.27. The maximum atomic E-state index is 12.9. The van der Waals surface area contributed by atoms with Gasteiger partial charge in [0.2, 0.25) is 0 Å². The van der Waals surface area contributed by atoms with Crippen LogP contribution in [0.4, 0.5) is 4.39 Å². The summed E-state index contributed by atoms with van der Waals surface area (Å²) in [6.07, 6.45) is 3.45. The number of hydrogen-bond donors (Lipinski definition) is 1. The van der Waals surface area contributed by atoms with Crippen LogP contribution >= 0.6 is 11.3 Å². The summed E-state index contributed by atoms with van der Waals surface area (Å²) in [7, 11) is 0. The Labute approximate surface area is 173 Å². The second-order valence-corrected chi connectivity index (χ2v) is 8.24. The number of carbonyl (C=O) groups excluding carboxylic acids is 2. The molecule has 6 nitrogen and oxygen atoms in total. The Balaban J connectivity index is 1.48. The van der Waals surface area contributed by atoms with E-state index < -0.39 is 12.1 Å². The first-order valence-corrected chi connectivity index (χ1v) is 10.6. The van der Waals surface area contributed by atoms with Crippen molar-refractivity contribution < 1.29 is 23.5 Å². The van der Waals surface area contributed by atoms with E-state index in [2.05, 4.69) is 17.2 Å². The van der Waals surface area contributed by atoms with E-state index in [9.17, 15) is 14.0 Å². The number of benzene rings is 1. The summed E-state index contributed by atoms with van der Waals surface area (Å²) in [5.41, 5.74) is 0.137. The molecule has 1 aliphatic carbocycles. The average molecular weight is 421 g/mol. The van der Waals surface area contributed by atoms with Crippen molar-refractivity contribution >= 4 is 23.2 Å².